The van der Waals surface area contributed by atoms with E-state index in [2.05, 4.69) is 10.6 Å². The second-order valence-electron chi connectivity index (χ2n) is 14.0. The summed E-state index contributed by atoms with van der Waals surface area (Å²) < 4.78 is 11.2. The number of nitrogens with one attached hydrogen (secondary N) is 2. The number of likely N-dealkylation sites (N-methyl/N-ethyl adjacent to an activating group) is 1. The molecule has 0 aliphatic carbocycles. The van der Waals surface area contributed by atoms with Crippen molar-refractivity contribution in [3.05, 3.63) is 101 Å². The highest BCUT2D eigenvalue weighted by Crippen LogP contribution is 2.28. The summed E-state index contributed by atoms with van der Waals surface area (Å²) in [6, 6.07) is 17.8. The van der Waals surface area contributed by atoms with Crippen LogP contribution in [0.25, 0.3) is 0 Å². The highest BCUT2D eigenvalue weighted by atomic mass is 16.6. The number of hydrogen-bond donors (Lipinski definition) is 3. The lowest BCUT2D eigenvalue weighted by molar-refractivity contribution is -0.159. The van der Waals surface area contributed by atoms with Crippen molar-refractivity contribution in [3.63, 3.8) is 0 Å². The molecule has 0 bridgehead atoms. The number of alkyl carbamates (subject to hydrolysis) is 1. The van der Waals surface area contributed by atoms with Crippen molar-refractivity contribution in [2.45, 2.75) is 97.6 Å². The van der Waals surface area contributed by atoms with E-state index in [0.29, 0.717) is 11.1 Å². The molecular formula is C38H49N3O7. The van der Waals surface area contributed by atoms with Crippen molar-refractivity contribution in [2.75, 3.05) is 7.05 Å². The number of aryl methyl sites for hydroxylation is 2. The van der Waals surface area contributed by atoms with Gasteiger partial charge in [-0.2, -0.15) is 0 Å². The number of amides is 3. The molecule has 3 atom stereocenters. The Morgan fingerprint density at radius 3 is 1.77 bits per heavy atom. The van der Waals surface area contributed by atoms with E-state index in [0.717, 1.165) is 16.7 Å². The zero-order valence-corrected chi connectivity index (χ0v) is 29.4. The van der Waals surface area contributed by atoms with Gasteiger partial charge in [0.2, 0.25) is 11.8 Å². The molecule has 0 fully saturated rings. The van der Waals surface area contributed by atoms with Gasteiger partial charge in [-0.05, 0) is 95.3 Å². The van der Waals surface area contributed by atoms with Crippen LogP contribution in [0.15, 0.2) is 72.8 Å². The van der Waals surface area contributed by atoms with E-state index in [1.165, 1.54) is 24.1 Å². The molecule has 10 heteroatoms. The maximum absolute atomic E-state index is 14.4. The van der Waals surface area contributed by atoms with Crippen LogP contribution in [0.4, 0.5) is 4.79 Å². The summed E-state index contributed by atoms with van der Waals surface area (Å²) in [6.07, 6.45) is -0.574. The lowest BCUT2D eigenvalue weighted by Gasteiger charge is -2.34. The predicted molar refractivity (Wildman–Crippen MR) is 184 cm³/mol. The van der Waals surface area contributed by atoms with Gasteiger partial charge >= 0.3 is 12.1 Å². The minimum Gasteiger partial charge on any atom is -0.508 e. The number of hydrogen-bond acceptors (Lipinski definition) is 7. The van der Waals surface area contributed by atoms with Crippen molar-refractivity contribution >= 4 is 23.9 Å². The fraction of sp³-hybridized carbons (Fsp3) is 0.421. The molecule has 0 saturated carbocycles. The Balaban J connectivity index is 2.05. The van der Waals surface area contributed by atoms with Gasteiger partial charge in [-0.3, -0.25) is 9.59 Å². The molecule has 0 aliphatic heterocycles. The Morgan fingerprint density at radius 2 is 1.23 bits per heavy atom. The third-order valence-electron chi connectivity index (χ3n) is 7.45. The molecule has 0 spiro atoms. The number of ether oxygens (including phenoxy) is 2. The van der Waals surface area contributed by atoms with Crippen molar-refractivity contribution in [3.8, 4) is 5.75 Å². The molecule has 3 aromatic rings. The number of carbonyl (C=O) groups is 4. The Morgan fingerprint density at radius 1 is 0.708 bits per heavy atom. The van der Waals surface area contributed by atoms with Crippen molar-refractivity contribution in [1.82, 2.24) is 15.5 Å². The van der Waals surface area contributed by atoms with E-state index in [4.69, 9.17) is 9.47 Å². The normalized spacial score (nSPS) is 13.4. The van der Waals surface area contributed by atoms with Crippen LogP contribution in [0.3, 0.4) is 0 Å². The van der Waals surface area contributed by atoms with Crippen LogP contribution >= 0.6 is 0 Å². The Kier molecular flexibility index (Phi) is 12.4. The third-order valence-corrected chi connectivity index (χ3v) is 7.45. The van der Waals surface area contributed by atoms with Gasteiger partial charge in [0.05, 0.1) is 0 Å². The number of rotatable bonds is 11. The standard InChI is InChI=1S/C38H49N3O7/c1-24-14-13-15-25(2)31(24)32(33(43)39-30(35(45)47-37(3,4)5)23-26-16-11-10-12-17-26)41(9)34(44)29(40-36(46)48-38(6,7)8)22-27-18-20-28(42)21-19-27/h10-21,29-30,32,42H,22-23H2,1-9H3,(H,39,43)(H,40,46). The molecule has 3 unspecified atom stereocenters. The van der Waals surface area contributed by atoms with Crippen molar-refractivity contribution in [2.24, 2.45) is 0 Å². The molecule has 0 radical (unpaired) electrons. The van der Waals surface area contributed by atoms with Crippen molar-refractivity contribution in [1.29, 1.82) is 0 Å². The zero-order valence-electron chi connectivity index (χ0n) is 29.4. The average molecular weight is 660 g/mol. The van der Waals surface area contributed by atoms with Crippen LogP contribution in [0, 0.1) is 13.8 Å². The molecule has 3 N–H and O–H groups in total. The van der Waals surface area contributed by atoms with E-state index in [1.807, 2.05) is 62.4 Å². The summed E-state index contributed by atoms with van der Waals surface area (Å²) in [7, 11) is 1.50. The molecule has 48 heavy (non-hydrogen) atoms. The van der Waals surface area contributed by atoms with E-state index < -0.39 is 53.2 Å². The molecule has 0 heterocycles. The number of benzene rings is 3. The topological polar surface area (TPSA) is 134 Å². The molecular weight excluding hydrogens is 610 g/mol. The Hall–Kier alpha value is -4.86. The summed E-state index contributed by atoms with van der Waals surface area (Å²) in [5.74, 6) is -1.70. The molecule has 258 valence electrons. The second-order valence-corrected chi connectivity index (χ2v) is 14.0. The van der Waals surface area contributed by atoms with Crippen LogP contribution < -0.4 is 10.6 Å². The Labute approximate surface area is 283 Å². The minimum atomic E-state index is -1.18. The summed E-state index contributed by atoms with van der Waals surface area (Å²) in [6.45, 7) is 14.1. The molecule has 0 saturated heterocycles. The van der Waals surface area contributed by atoms with Crippen LogP contribution in [-0.2, 0) is 36.7 Å². The highest BCUT2D eigenvalue weighted by Gasteiger charge is 2.38. The largest absolute Gasteiger partial charge is 0.508 e. The molecule has 3 aromatic carbocycles. The van der Waals surface area contributed by atoms with Crippen LogP contribution in [0.2, 0.25) is 0 Å². The number of phenolic OH excluding ortho intramolecular Hbond substituents is 1. The molecule has 10 nitrogen and oxygen atoms in total. The molecule has 0 aromatic heterocycles. The predicted octanol–water partition coefficient (Wildman–Crippen LogP) is 5.71. The smallest absolute Gasteiger partial charge is 0.408 e. The van der Waals surface area contributed by atoms with Crippen LogP contribution in [0.5, 0.6) is 5.75 Å². The lowest BCUT2D eigenvalue weighted by atomic mass is 9.93. The SMILES string of the molecule is Cc1cccc(C)c1C(C(=O)NC(Cc1ccccc1)C(=O)OC(C)(C)C)N(C)C(=O)C(Cc1ccc(O)cc1)NC(=O)OC(C)(C)C. The number of carbonyl (C=O) groups excluding carboxylic acids is 4. The molecule has 3 amide bonds. The monoisotopic (exact) mass is 659 g/mol. The van der Waals surface area contributed by atoms with E-state index in [9.17, 15) is 24.3 Å². The van der Waals surface area contributed by atoms with Gasteiger partial charge in [-0.1, -0.05) is 60.7 Å². The number of aromatic hydroxyl groups is 1. The molecule has 0 aliphatic rings. The molecule has 3 rings (SSSR count). The first kappa shape index (κ1) is 37.6. The number of esters is 1. The second kappa shape index (κ2) is 15.8. The minimum absolute atomic E-state index is 0.0539. The summed E-state index contributed by atoms with van der Waals surface area (Å²) in [5, 5.41) is 15.4. The zero-order chi connectivity index (χ0) is 35.8. The van der Waals surface area contributed by atoms with Crippen LogP contribution in [-0.4, -0.2) is 64.2 Å². The van der Waals surface area contributed by atoms with Gasteiger partial charge in [0.15, 0.2) is 0 Å². The van der Waals surface area contributed by atoms with Crippen molar-refractivity contribution < 1.29 is 33.8 Å². The van der Waals surface area contributed by atoms with Gasteiger partial charge < -0.3 is 30.1 Å². The first-order valence-corrected chi connectivity index (χ1v) is 16.0. The first-order chi connectivity index (χ1) is 22.3. The maximum Gasteiger partial charge on any atom is 0.408 e. The van der Waals surface area contributed by atoms with E-state index >= 15 is 0 Å². The van der Waals surface area contributed by atoms with E-state index in [1.54, 1.807) is 53.7 Å². The number of phenols is 1. The van der Waals surface area contributed by atoms with Gasteiger partial charge in [-0.25, -0.2) is 9.59 Å². The Bertz CT molecular complexity index is 1550. The summed E-state index contributed by atoms with van der Waals surface area (Å²) in [5.41, 5.74) is 1.98. The summed E-state index contributed by atoms with van der Waals surface area (Å²) in [4.78, 5) is 56.5. The maximum atomic E-state index is 14.4. The number of nitrogens with zero attached hydrogens (tertiary/aromatic N) is 1. The fourth-order valence-corrected chi connectivity index (χ4v) is 5.32. The van der Waals surface area contributed by atoms with Gasteiger partial charge in [0.1, 0.15) is 35.1 Å². The average Bonchev–Trinajstić information content (AvgIpc) is 2.97. The van der Waals surface area contributed by atoms with Gasteiger partial charge in [0, 0.05) is 19.9 Å². The summed E-state index contributed by atoms with van der Waals surface area (Å²) >= 11 is 0. The highest BCUT2D eigenvalue weighted by molar-refractivity contribution is 5.94. The fourth-order valence-electron chi connectivity index (χ4n) is 5.32. The van der Waals surface area contributed by atoms with Gasteiger partial charge in [0.25, 0.3) is 0 Å². The lowest BCUT2D eigenvalue weighted by Crippen LogP contribution is -2.54. The third kappa shape index (κ3) is 11.1. The van der Waals surface area contributed by atoms with E-state index in [-0.39, 0.29) is 18.6 Å². The first-order valence-electron chi connectivity index (χ1n) is 16.0. The quantitative estimate of drug-likeness (QED) is 0.225. The van der Waals surface area contributed by atoms with Crippen LogP contribution in [0.1, 0.15) is 75.4 Å². The van der Waals surface area contributed by atoms with Gasteiger partial charge in [-0.15, -0.1) is 0 Å².